The van der Waals surface area contributed by atoms with E-state index in [0.717, 1.165) is 24.4 Å². The number of pyridine rings is 1. The van der Waals surface area contributed by atoms with Crippen LogP contribution in [0.5, 0.6) is 0 Å². The Hall–Kier alpha value is -2.62. The number of aliphatic imine (C=N–C) groups is 1. The van der Waals surface area contributed by atoms with Gasteiger partial charge in [-0.15, -0.1) is 24.0 Å². The topological polar surface area (TPSA) is 94.2 Å². The molecule has 1 aromatic carbocycles. The summed E-state index contributed by atoms with van der Waals surface area (Å²) in [4.78, 5) is 23.9. The Kier molecular flexibility index (Phi) is 9.42. The van der Waals surface area contributed by atoms with E-state index in [1.807, 2.05) is 19.1 Å². The number of guanidine groups is 1. The number of fused-ring (bicyclic) bond motifs is 1. The highest BCUT2D eigenvalue weighted by atomic mass is 127. The quantitative estimate of drug-likeness (QED) is 0.164. The Labute approximate surface area is 187 Å². The first-order valence-corrected chi connectivity index (χ1v) is 9.53. The summed E-state index contributed by atoms with van der Waals surface area (Å²) >= 11 is 0. The van der Waals surface area contributed by atoms with E-state index in [2.05, 4.69) is 49.2 Å². The second-order valence-electron chi connectivity index (χ2n) is 6.29. The largest absolute Gasteiger partial charge is 0.361 e. The molecule has 0 aliphatic rings. The summed E-state index contributed by atoms with van der Waals surface area (Å²) in [6, 6.07) is 11.8. The number of aromatic nitrogens is 2. The molecule has 0 atom stereocenters. The van der Waals surface area contributed by atoms with E-state index in [4.69, 9.17) is 0 Å². The van der Waals surface area contributed by atoms with Crippen molar-refractivity contribution >= 4 is 46.7 Å². The molecule has 1 amide bonds. The summed E-state index contributed by atoms with van der Waals surface area (Å²) in [6.07, 6.45) is 6.11. The van der Waals surface area contributed by atoms with Crippen molar-refractivity contribution in [2.75, 3.05) is 26.2 Å². The lowest BCUT2D eigenvalue weighted by Gasteiger charge is -2.12. The van der Waals surface area contributed by atoms with Crippen molar-refractivity contribution in [2.24, 2.45) is 4.99 Å². The fraction of sp³-hybridized carbons (Fsp3) is 0.286. The molecule has 154 valence electrons. The minimum atomic E-state index is -0.129. The van der Waals surface area contributed by atoms with Gasteiger partial charge in [-0.2, -0.15) is 0 Å². The number of amides is 1. The van der Waals surface area contributed by atoms with Gasteiger partial charge in [-0.3, -0.25) is 14.8 Å². The van der Waals surface area contributed by atoms with Crippen LogP contribution in [0.15, 0.2) is 60.0 Å². The molecule has 0 bridgehead atoms. The third kappa shape index (κ3) is 6.74. The summed E-state index contributed by atoms with van der Waals surface area (Å²) in [5.74, 6) is 0.620. The minimum absolute atomic E-state index is 0. The summed E-state index contributed by atoms with van der Waals surface area (Å²) in [7, 11) is 0. The van der Waals surface area contributed by atoms with E-state index in [0.29, 0.717) is 25.2 Å². The monoisotopic (exact) mass is 506 g/mol. The molecule has 29 heavy (non-hydrogen) atoms. The number of carbonyl (C=O) groups excluding carboxylic acids is 1. The van der Waals surface area contributed by atoms with Crippen molar-refractivity contribution in [1.82, 2.24) is 25.9 Å². The smallest absolute Gasteiger partial charge is 0.252 e. The Morgan fingerprint density at radius 2 is 1.93 bits per heavy atom. The number of H-pyrrole nitrogens is 1. The molecular weight excluding hydrogens is 479 g/mol. The molecule has 3 rings (SSSR count). The van der Waals surface area contributed by atoms with Crippen LogP contribution in [0.25, 0.3) is 10.9 Å². The van der Waals surface area contributed by atoms with E-state index in [-0.39, 0.29) is 29.9 Å². The molecule has 0 radical (unpaired) electrons. The van der Waals surface area contributed by atoms with Gasteiger partial charge in [0.05, 0.1) is 5.56 Å². The van der Waals surface area contributed by atoms with Crippen molar-refractivity contribution in [1.29, 1.82) is 0 Å². The zero-order chi connectivity index (χ0) is 19.6. The van der Waals surface area contributed by atoms with Crippen LogP contribution < -0.4 is 16.0 Å². The van der Waals surface area contributed by atoms with Gasteiger partial charge in [-0.25, -0.2) is 0 Å². The van der Waals surface area contributed by atoms with E-state index >= 15 is 0 Å². The number of hydrogen-bond donors (Lipinski definition) is 4. The van der Waals surface area contributed by atoms with Crippen molar-refractivity contribution in [3.8, 4) is 0 Å². The van der Waals surface area contributed by atoms with Gasteiger partial charge in [0.2, 0.25) is 0 Å². The van der Waals surface area contributed by atoms with Crippen LogP contribution in [0.2, 0.25) is 0 Å². The molecular formula is C21H27IN6O. The zero-order valence-corrected chi connectivity index (χ0v) is 18.8. The first-order valence-electron chi connectivity index (χ1n) is 9.53. The van der Waals surface area contributed by atoms with Crippen molar-refractivity contribution in [3.63, 3.8) is 0 Å². The first-order chi connectivity index (χ1) is 13.8. The average Bonchev–Trinajstić information content (AvgIpc) is 3.15. The molecule has 3 aromatic rings. The second kappa shape index (κ2) is 12.1. The van der Waals surface area contributed by atoms with E-state index in [1.54, 1.807) is 24.5 Å². The Bertz CT molecular complexity index is 925. The van der Waals surface area contributed by atoms with Crippen molar-refractivity contribution in [3.05, 3.63) is 66.1 Å². The summed E-state index contributed by atoms with van der Waals surface area (Å²) in [5, 5.41) is 10.6. The summed E-state index contributed by atoms with van der Waals surface area (Å²) < 4.78 is 0. The zero-order valence-electron chi connectivity index (χ0n) is 16.4. The third-order valence-electron chi connectivity index (χ3n) is 4.30. The van der Waals surface area contributed by atoms with E-state index in [1.165, 1.54) is 10.9 Å². The molecule has 0 spiro atoms. The van der Waals surface area contributed by atoms with E-state index < -0.39 is 0 Å². The van der Waals surface area contributed by atoms with Crippen LogP contribution in [0, 0.1) is 0 Å². The molecule has 0 saturated heterocycles. The van der Waals surface area contributed by atoms with Gasteiger partial charge in [0.1, 0.15) is 0 Å². The minimum Gasteiger partial charge on any atom is -0.361 e. The molecule has 8 heteroatoms. The number of nitrogens with zero attached hydrogens (tertiary/aromatic N) is 2. The summed E-state index contributed by atoms with van der Waals surface area (Å²) in [6.45, 7) is 4.58. The van der Waals surface area contributed by atoms with Gasteiger partial charge in [0, 0.05) is 55.7 Å². The Balaban J connectivity index is 0.00000300. The maximum absolute atomic E-state index is 12.0. The molecule has 2 aromatic heterocycles. The summed E-state index contributed by atoms with van der Waals surface area (Å²) in [5.41, 5.74) is 2.97. The highest BCUT2D eigenvalue weighted by molar-refractivity contribution is 14.0. The van der Waals surface area contributed by atoms with Gasteiger partial charge in [0.25, 0.3) is 5.91 Å². The molecule has 7 nitrogen and oxygen atoms in total. The van der Waals surface area contributed by atoms with Crippen LogP contribution in [0.3, 0.4) is 0 Å². The third-order valence-corrected chi connectivity index (χ3v) is 4.30. The van der Waals surface area contributed by atoms with Crippen molar-refractivity contribution in [2.45, 2.75) is 13.3 Å². The predicted octanol–water partition coefficient (Wildman–Crippen LogP) is 2.71. The molecule has 0 unspecified atom stereocenters. The van der Waals surface area contributed by atoms with Crippen LogP contribution in [-0.4, -0.2) is 48.0 Å². The molecule has 0 aliphatic carbocycles. The number of hydrogen-bond acceptors (Lipinski definition) is 3. The Morgan fingerprint density at radius 3 is 2.72 bits per heavy atom. The van der Waals surface area contributed by atoms with Gasteiger partial charge in [0.15, 0.2) is 5.96 Å². The lowest BCUT2D eigenvalue weighted by Crippen LogP contribution is -2.41. The van der Waals surface area contributed by atoms with Crippen LogP contribution in [0.4, 0.5) is 0 Å². The molecule has 2 heterocycles. The van der Waals surface area contributed by atoms with Crippen LogP contribution in [0.1, 0.15) is 22.8 Å². The van der Waals surface area contributed by atoms with Gasteiger partial charge >= 0.3 is 0 Å². The SMILES string of the molecule is CCNC(=NCCc1c[nH]c2ccccc12)NCCNC(=O)c1cccnc1.I. The number of para-hydroxylation sites is 1. The Morgan fingerprint density at radius 1 is 1.10 bits per heavy atom. The standard InChI is InChI=1S/C21H26N6O.HI/c1-2-23-21(26-13-12-24-20(28)17-6-5-10-22-14-17)25-11-9-16-15-27-19-8-4-3-7-18(16)19;/h3-8,10,14-15,27H,2,9,11-13H2,1H3,(H,24,28)(H2,23,25,26);1H. The normalized spacial score (nSPS) is 11.0. The number of rotatable bonds is 8. The molecule has 0 aliphatic heterocycles. The number of aromatic amines is 1. The molecule has 0 fully saturated rings. The number of benzene rings is 1. The van der Waals surface area contributed by atoms with E-state index in [9.17, 15) is 4.79 Å². The number of halogens is 1. The lowest BCUT2D eigenvalue weighted by atomic mass is 10.1. The fourth-order valence-corrected chi connectivity index (χ4v) is 2.92. The number of carbonyl (C=O) groups is 1. The number of nitrogens with one attached hydrogen (secondary N) is 4. The van der Waals surface area contributed by atoms with Crippen molar-refractivity contribution < 1.29 is 4.79 Å². The van der Waals surface area contributed by atoms with Crippen LogP contribution in [-0.2, 0) is 6.42 Å². The predicted molar refractivity (Wildman–Crippen MR) is 128 cm³/mol. The van der Waals surface area contributed by atoms with Gasteiger partial charge in [-0.05, 0) is 37.1 Å². The highest BCUT2D eigenvalue weighted by Crippen LogP contribution is 2.17. The first kappa shape index (κ1) is 22.7. The maximum atomic E-state index is 12.0. The molecule has 0 saturated carbocycles. The average molecular weight is 506 g/mol. The lowest BCUT2D eigenvalue weighted by molar-refractivity contribution is 0.0954. The van der Waals surface area contributed by atoms with Gasteiger partial charge in [-0.1, -0.05) is 18.2 Å². The van der Waals surface area contributed by atoms with Gasteiger partial charge < -0.3 is 20.9 Å². The fourth-order valence-electron chi connectivity index (χ4n) is 2.92. The molecule has 4 N–H and O–H groups in total. The highest BCUT2D eigenvalue weighted by Gasteiger charge is 2.05. The second-order valence-corrected chi connectivity index (χ2v) is 6.29. The van der Waals surface area contributed by atoms with Crippen LogP contribution >= 0.6 is 24.0 Å². The maximum Gasteiger partial charge on any atom is 0.252 e.